The molecule has 1 aromatic carbocycles. The van der Waals surface area contributed by atoms with Crippen LogP contribution >= 0.6 is 11.3 Å². The van der Waals surface area contributed by atoms with E-state index in [4.69, 9.17) is 0 Å². The molecule has 0 aliphatic carbocycles. The fourth-order valence-electron chi connectivity index (χ4n) is 1.91. The van der Waals surface area contributed by atoms with Crippen molar-refractivity contribution in [3.63, 3.8) is 0 Å². The van der Waals surface area contributed by atoms with Crippen molar-refractivity contribution in [1.29, 1.82) is 0 Å². The highest BCUT2D eigenvalue weighted by molar-refractivity contribution is 7.15. The fourth-order valence-corrected chi connectivity index (χ4v) is 2.88. The Hall–Kier alpha value is -1.46. The number of anilines is 1. The average molecular weight is 280 g/mol. The quantitative estimate of drug-likeness (QED) is 0.914. The van der Waals surface area contributed by atoms with Crippen molar-refractivity contribution in [2.24, 2.45) is 0 Å². The zero-order valence-corrected chi connectivity index (χ0v) is 11.9. The number of rotatable bonds is 5. The first-order valence-electron chi connectivity index (χ1n) is 6.19. The maximum atomic E-state index is 13.1. The summed E-state index contributed by atoms with van der Waals surface area (Å²) in [5.41, 5.74) is 1.84. The van der Waals surface area contributed by atoms with Crippen molar-refractivity contribution >= 4 is 16.5 Å². The first-order chi connectivity index (χ1) is 9.13. The lowest BCUT2D eigenvalue weighted by molar-refractivity contribution is 0.284. The smallest absolute Gasteiger partial charge is 0.185 e. The predicted molar refractivity (Wildman–Crippen MR) is 75.9 cm³/mol. The van der Waals surface area contributed by atoms with Gasteiger partial charge in [0.2, 0.25) is 0 Å². The molecule has 0 aliphatic heterocycles. The van der Waals surface area contributed by atoms with Gasteiger partial charge >= 0.3 is 0 Å². The minimum absolute atomic E-state index is 0.0225. The van der Waals surface area contributed by atoms with Gasteiger partial charge in [0.15, 0.2) is 5.13 Å². The van der Waals surface area contributed by atoms with E-state index in [1.54, 1.807) is 6.07 Å². The number of hydrogen-bond acceptors (Lipinski definition) is 4. The average Bonchev–Trinajstić information content (AvgIpc) is 2.82. The first-order valence-corrected chi connectivity index (χ1v) is 7.00. The van der Waals surface area contributed by atoms with Gasteiger partial charge in [-0.2, -0.15) is 0 Å². The molecule has 1 aromatic heterocycles. The van der Waals surface area contributed by atoms with Crippen molar-refractivity contribution in [2.45, 2.75) is 26.5 Å². The number of benzene rings is 1. The zero-order chi connectivity index (χ0) is 13.8. The minimum atomic E-state index is -0.227. The molecule has 2 rings (SSSR count). The Morgan fingerprint density at radius 2 is 2.21 bits per heavy atom. The van der Waals surface area contributed by atoms with Crippen molar-refractivity contribution in [3.8, 4) is 0 Å². The van der Waals surface area contributed by atoms with Gasteiger partial charge in [-0.25, -0.2) is 9.37 Å². The van der Waals surface area contributed by atoms with Gasteiger partial charge in [0.25, 0.3) is 0 Å². The maximum absolute atomic E-state index is 13.1. The molecule has 0 fully saturated rings. The molecule has 0 radical (unpaired) electrons. The summed E-state index contributed by atoms with van der Waals surface area (Å²) in [5, 5.41) is 10.1. The van der Waals surface area contributed by atoms with Gasteiger partial charge in [-0.15, -0.1) is 0 Å². The molecule has 3 nitrogen and oxygen atoms in total. The molecule has 1 heterocycles. The van der Waals surface area contributed by atoms with Gasteiger partial charge in [0.1, 0.15) is 5.82 Å². The van der Waals surface area contributed by atoms with Crippen molar-refractivity contribution in [1.82, 2.24) is 4.98 Å². The van der Waals surface area contributed by atoms with Crippen molar-refractivity contribution in [3.05, 3.63) is 46.2 Å². The fraction of sp³-hybridized carbons (Fsp3) is 0.357. The summed E-state index contributed by atoms with van der Waals surface area (Å²) in [4.78, 5) is 7.38. The number of nitrogens with zero attached hydrogens (tertiary/aromatic N) is 2. The molecule has 1 N–H and O–H groups in total. The first kappa shape index (κ1) is 14.0. The van der Waals surface area contributed by atoms with Gasteiger partial charge in [0, 0.05) is 13.6 Å². The minimum Gasteiger partial charge on any atom is -0.391 e. The Labute approximate surface area is 116 Å². The third kappa shape index (κ3) is 3.30. The Kier molecular flexibility index (Phi) is 4.50. The van der Waals surface area contributed by atoms with Gasteiger partial charge in [-0.1, -0.05) is 30.4 Å². The third-order valence-corrected chi connectivity index (χ3v) is 4.08. The van der Waals surface area contributed by atoms with Crippen LogP contribution in [-0.4, -0.2) is 17.1 Å². The number of aliphatic hydroxyl groups is 1. The summed E-state index contributed by atoms with van der Waals surface area (Å²) in [6.07, 6.45) is 0.806. The molecule has 0 spiro atoms. The second kappa shape index (κ2) is 6.12. The lowest BCUT2D eigenvalue weighted by atomic mass is 10.2. The van der Waals surface area contributed by atoms with Crippen LogP contribution in [0.4, 0.5) is 9.52 Å². The molecule has 19 heavy (non-hydrogen) atoms. The van der Waals surface area contributed by atoms with Crippen LogP contribution in [0.2, 0.25) is 0 Å². The number of aryl methyl sites for hydroxylation is 1. The van der Waals surface area contributed by atoms with Gasteiger partial charge in [-0.05, 0) is 24.1 Å². The normalized spacial score (nSPS) is 10.7. The number of hydrogen-bond donors (Lipinski definition) is 1. The number of halogens is 1. The molecular formula is C14H17FN2OS. The number of aliphatic hydroxyl groups excluding tert-OH is 1. The SMILES string of the molecule is CCc1nc(N(C)Cc2cccc(F)c2)sc1CO. The summed E-state index contributed by atoms with van der Waals surface area (Å²) in [6.45, 7) is 2.64. The molecule has 0 bridgehead atoms. The van der Waals surface area contributed by atoms with Crippen LogP contribution in [0.5, 0.6) is 0 Å². The summed E-state index contributed by atoms with van der Waals surface area (Å²) in [6, 6.07) is 6.56. The Morgan fingerprint density at radius 1 is 1.42 bits per heavy atom. The largest absolute Gasteiger partial charge is 0.391 e. The zero-order valence-electron chi connectivity index (χ0n) is 11.1. The van der Waals surface area contributed by atoms with Crippen LogP contribution in [0, 0.1) is 5.82 Å². The second-order valence-electron chi connectivity index (χ2n) is 4.36. The number of aromatic nitrogens is 1. The van der Waals surface area contributed by atoms with Gasteiger partial charge in [0.05, 0.1) is 17.2 Å². The summed E-state index contributed by atoms with van der Waals surface area (Å²) >= 11 is 1.49. The van der Waals surface area contributed by atoms with E-state index in [-0.39, 0.29) is 12.4 Å². The van der Waals surface area contributed by atoms with E-state index in [1.807, 2.05) is 24.9 Å². The Balaban J connectivity index is 2.15. The lowest BCUT2D eigenvalue weighted by Crippen LogP contribution is -2.16. The predicted octanol–water partition coefficient (Wildman–Crippen LogP) is 2.97. The highest BCUT2D eigenvalue weighted by atomic mass is 32.1. The summed E-state index contributed by atoms with van der Waals surface area (Å²) < 4.78 is 13.1. The lowest BCUT2D eigenvalue weighted by Gasteiger charge is -2.15. The van der Waals surface area contributed by atoms with Crippen molar-refractivity contribution in [2.75, 3.05) is 11.9 Å². The van der Waals surface area contributed by atoms with E-state index in [9.17, 15) is 9.50 Å². The van der Waals surface area contributed by atoms with Crippen LogP contribution in [-0.2, 0) is 19.6 Å². The van der Waals surface area contributed by atoms with Crippen LogP contribution in [0.25, 0.3) is 0 Å². The number of thiazole rings is 1. The maximum Gasteiger partial charge on any atom is 0.185 e. The van der Waals surface area contributed by atoms with Crippen LogP contribution in [0.15, 0.2) is 24.3 Å². The topological polar surface area (TPSA) is 36.4 Å². The Bertz CT molecular complexity index is 535. The third-order valence-electron chi connectivity index (χ3n) is 2.88. The Morgan fingerprint density at radius 3 is 2.79 bits per heavy atom. The molecule has 0 unspecified atom stereocenters. The molecular weight excluding hydrogens is 263 g/mol. The second-order valence-corrected chi connectivity index (χ2v) is 5.43. The van der Waals surface area contributed by atoms with E-state index in [2.05, 4.69) is 4.98 Å². The van der Waals surface area contributed by atoms with E-state index >= 15 is 0 Å². The van der Waals surface area contributed by atoms with Crippen LogP contribution in [0.1, 0.15) is 23.1 Å². The molecule has 0 saturated carbocycles. The molecule has 0 atom stereocenters. The van der Waals surface area contributed by atoms with E-state index in [0.717, 1.165) is 27.7 Å². The molecule has 0 saturated heterocycles. The molecule has 0 aliphatic rings. The highest BCUT2D eigenvalue weighted by Gasteiger charge is 2.12. The van der Waals surface area contributed by atoms with Crippen LogP contribution in [0.3, 0.4) is 0 Å². The highest BCUT2D eigenvalue weighted by Crippen LogP contribution is 2.27. The van der Waals surface area contributed by atoms with Gasteiger partial charge in [-0.3, -0.25) is 0 Å². The molecule has 2 aromatic rings. The van der Waals surface area contributed by atoms with E-state index in [1.165, 1.54) is 23.5 Å². The van der Waals surface area contributed by atoms with Crippen LogP contribution < -0.4 is 4.90 Å². The molecule has 5 heteroatoms. The van der Waals surface area contributed by atoms with E-state index < -0.39 is 0 Å². The summed E-state index contributed by atoms with van der Waals surface area (Å²) in [5.74, 6) is -0.227. The summed E-state index contributed by atoms with van der Waals surface area (Å²) in [7, 11) is 1.92. The molecule has 0 amide bonds. The van der Waals surface area contributed by atoms with Gasteiger partial charge < -0.3 is 10.0 Å². The van der Waals surface area contributed by atoms with Crippen molar-refractivity contribution < 1.29 is 9.50 Å². The van der Waals surface area contributed by atoms with E-state index in [0.29, 0.717) is 6.54 Å². The standard InChI is InChI=1S/C14H17FN2OS/c1-3-12-13(9-18)19-14(16-12)17(2)8-10-5-4-6-11(15)7-10/h4-7,18H,3,8-9H2,1-2H3. The molecule has 102 valence electrons. The monoisotopic (exact) mass is 280 g/mol.